The van der Waals surface area contributed by atoms with E-state index in [0.717, 1.165) is 27.1 Å². The van der Waals surface area contributed by atoms with Gasteiger partial charge in [0.15, 0.2) is 0 Å². The lowest BCUT2D eigenvalue weighted by atomic mass is 10.1. The lowest BCUT2D eigenvalue weighted by Crippen LogP contribution is -2.08. The fraction of sp³-hybridized carbons (Fsp3) is 0.0435. The molecule has 0 spiro atoms. The van der Waals surface area contributed by atoms with Crippen molar-refractivity contribution in [1.29, 1.82) is 0 Å². The SMILES string of the molecule is CC(=NNc1nc(Nc2ccccc2)nc(Nc2ccccc2)n1)c1ccc(Br)cc1. The first kappa shape index (κ1) is 20.5. The van der Waals surface area contributed by atoms with Gasteiger partial charge in [0.1, 0.15) is 0 Å². The van der Waals surface area contributed by atoms with Crippen molar-refractivity contribution in [2.75, 3.05) is 16.1 Å². The molecule has 0 saturated heterocycles. The van der Waals surface area contributed by atoms with E-state index < -0.39 is 0 Å². The van der Waals surface area contributed by atoms with Crippen LogP contribution in [0, 0.1) is 0 Å². The Labute approximate surface area is 188 Å². The fourth-order valence-corrected chi connectivity index (χ4v) is 2.99. The van der Waals surface area contributed by atoms with Crippen LogP contribution in [0.25, 0.3) is 0 Å². The van der Waals surface area contributed by atoms with Gasteiger partial charge in [-0.05, 0) is 48.9 Å². The quantitative estimate of drug-likeness (QED) is 0.226. The zero-order valence-electron chi connectivity index (χ0n) is 16.7. The molecule has 0 aliphatic rings. The van der Waals surface area contributed by atoms with Crippen molar-refractivity contribution in [3.05, 3.63) is 95.0 Å². The maximum absolute atomic E-state index is 4.48. The second-order valence-electron chi connectivity index (χ2n) is 6.60. The summed E-state index contributed by atoms with van der Waals surface area (Å²) in [6.07, 6.45) is 0. The minimum Gasteiger partial charge on any atom is -0.324 e. The number of hydrazone groups is 1. The van der Waals surface area contributed by atoms with Gasteiger partial charge in [0.2, 0.25) is 17.8 Å². The van der Waals surface area contributed by atoms with Crippen LogP contribution < -0.4 is 16.1 Å². The number of rotatable bonds is 7. The normalized spacial score (nSPS) is 11.1. The first-order chi connectivity index (χ1) is 15.2. The average molecular weight is 474 g/mol. The predicted octanol–water partition coefficient (Wildman–Crippen LogP) is 5.96. The molecule has 3 N–H and O–H groups in total. The molecule has 0 saturated carbocycles. The van der Waals surface area contributed by atoms with Gasteiger partial charge in [-0.2, -0.15) is 20.1 Å². The van der Waals surface area contributed by atoms with E-state index in [1.54, 1.807) is 0 Å². The number of benzene rings is 3. The number of aromatic nitrogens is 3. The van der Waals surface area contributed by atoms with Crippen LogP contribution in [0.2, 0.25) is 0 Å². The summed E-state index contributed by atoms with van der Waals surface area (Å²) in [7, 11) is 0. The first-order valence-electron chi connectivity index (χ1n) is 9.62. The number of hydrogen-bond acceptors (Lipinski definition) is 7. The van der Waals surface area contributed by atoms with Gasteiger partial charge in [-0.25, -0.2) is 5.43 Å². The Balaban J connectivity index is 1.60. The van der Waals surface area contributed by atoms with E-state index in [1.807, 2.05) is 91.9 Å². The summed E-state index contributed by atoms with van der Waals surface area (Å²) < 4.78 is 1.02. The summed E-state index contributed by atoms with van der Waals surface area (Å²) in [6, 6.07) is 27.4. The Morgan fingerprint density at radius 2 is 1.16 bits per heavy atom. The lowest BCUT2D eigenvalue weighted by molar-refractivity contribution is 1.04. The van der Waals surface area contributed by atoms with Crippen molar-refractivity contribution in [3.63, 3.8) is 0 Å². The van der Waals surface area contributed by atoms with Gasteiger partial charge in [-0.15, -0.1) is 0 Å². The van der Waals surface area contributed by atoms with Crippen LogP contribution in [0.5, 0.6) is 0 Å². The second kappa shape index (κ2) is 9.82. The molecule has 0 aliphatic carbocycles. The highest BCUT2D eigenvalue weighted by atomic mass is 79.9. The van der Waals surface area contributed by atoms with Crippen molar-refractivity contribution in [1.82, 2.24) is 15.0 Å². The lowest BCUT2D eigenvalue weighted by Gasteiger charge is -2.10. The molecule has 8 heteroatoms. The number of hydrogen-bond donors (Lipinski definition) is 3. The van der Waals surface area contributed by atoms with Gasteiger partial charge in [0.05, 0.1) is 5.71 Å². The topological polar surface area (TPSA) is 87.1 Å². The molecule has 0 amide bonds. The number of halogens is 1. The molecule has 154 valence electrons. The number of anilines is 5. The van der Waals surface area contributed by atoms with E-state index in [-0.39, 0.29) is 0 Å². The molecule has 4 aromatic rings. The smallest absolute Gasteiger partial charge is 0.250 e. The number of nitrogens with one attached hydrogen (secondary N) is 3. The second-order valence-corrected chi connectivity index (χ2v) is 7.52. The Bertz CT molecular complexity index is 1100. The monoisotopic (exact) mass is 473 g/mol. The van der Waals surface area contributed by atoms with Crippen molar-refractivity contribution in [2.45, 2.75) is 6.92 Å². The molecule has 0 bridgehead atoms. The highest BCUT2D eigenvalue weighted by Gasteiger charge is 2.08. The third kappa shape index (κ3) is 5.86. The molecule has 31 heavy (non-hydrogen) atoms. The minimum atomic E-state index is 0.323. The van der Waals surface area contributed by atoms with Crippen molar-refractivity contribution >= 4 is 50.9 Å². The number of para-hydroxylation sites is 2. The summed E-state index contributed by atoms with van der Waals surface area (Å²) in [5.74, 6) is 1.13. The van der Waals surface area contributed by atoms with E-state index in [9.17, 15) is 0 Å². The molecule has 1 heterocycles. The maximum Gasteiger partial charge on any atom is 0.250 e. The molecule has 0 atom stereocenters. The van der Waals surface area contributed by atoms with E-state index in [2.05, 4.69) is 52.0 Å². The molecule has 0 aliphatic heterocycles. The van der Waals surface area contributed by atoms with Gasteiger partial charge in [0, 0.05) is 15.8 Å². The van der Waals surface area contributed by atoms with Crippen LogP contribution in [0.15, 0.2) is 94.5 Å². The van der Waals surface area contributed by atoms with Crippen LogP contribution in [0.1, 0.15) is 12.5 Å². The van der Waals surface area contributed by atoms with E-state index in [4.69, 9.17) is 0 Å². The third-order valence-corrected chi connectivity index (χ3v) is 4.81. The van der Waals surface area contributed by atoms with Crippen LogP contribution >= 0.6 is 15.9 Å². The van der Waals surface area contributed by atoms with Gasteiger partial charge in [0.25, 0.3) is 0 Å². The van der Waals surface area contributed by atoms with Crippen molar-refractivity contribution in [3.8, 4) is 0 Å². The molecule has 0 fully saturated rings. The minimum absolute atomic E-state index is 0.323. The summed E-state index contributed by atoms with van der Waals surface area (Å²) in [5.41, 5.74) is 6.50. The molecule has 4 rings (SSSR count). The maximum atomic E-state index is 4.48. The molecule has 7 nitrogen and oxygen atoms in total. The Kier molecular flexibility index (Phi) is 6.49. The van der Waals surface area contributed by atoms with Gasteiger partial charge in [-0.1, -0.05) is 64.5 Å². The van der Waals surface area contributed by atoms with Crippen molar-refractivity contribution in [2.24, 2.45) is 5.10 Å². The van der Waals surface area contributed by atoms with E-state index in [0.29, 0.717) is 17.8 Å². The highest BCUT2D eigenvalue weighted by Crippen LogP contribution is 2.18. The largest absolute Gasteiger partial charge is 0.324 e. The number of nitrogens with zero attached hydrogens (tertiary/aromatic N) is 4. The summed E-state index contributed by atoms with van der Waals surface area (Å²) in [4.78, 5) is 13.4. The predicted molar refractivity (Wildman–Crippen MR) is 129 cm³/mol. The molecule has 1 aromatic heterocycles. The van der Waals surface area contributed by atoms with Crippen LogP contribution in [0.4, 0.5) is 29.2 Å². The van der Waals surface area contributed by atoms with Crippen LogP contribution in [-0.4, -0.2) is 20.7 Å². The average Bonchev–Trinajstić information content (AvgIpc) is 2.79. The van der Waals surface area contributed by atoms with Gasteiger partial charge >= 0.3 is 0 Å². The molecule has 0 radical (unpaired) electrons. The van der Waals surface area contributed by atoms with E-state index >= 15 is 0 Å². The third-order valence-electron chi connectivity index (χ3n) is 4.28. The highest BCUT2D eigenvalue weighted by molar-refractivity contribution is 9.10. The zero-order valence-corrected chi connectivity index (χ0v) is 18.3. The molecule has 0 unspecified atom stereocenters. The zero-order chi connectivity index (χ0) is 21.5. The summed E-state index contributed by atoms with van der Waals surface area (Å²) >= 11 is 3.44. The van der Waals surface area contributed by atoms with Crippen LogP contribution in [0.3, 0.4) is 0 Å². The Morgan fingerprint density at radius 1 is 0.677 bits per heavy atom. The molecular formula is C23H20BrN7. The Morgan fingerprint density at radius 3 is 1.68 bits per heavy atom. The Hall–Kier alpha value is -3.78. The molecule has 3 aromatic carbocycles. The van der Waals surface area contributed by atoms with Crippen molar-refractivity contribution < 1.29 is 0 Å². The first-order valence-corrected chi connectivity index (χ1v) is 10.4. The van der Waals surface area contributed by atoms with Crippen LogP contribution in [-0.2, 0) is 0 Å². The summed E-state index contributed by atoms with van der Waals surface area (Å²) in [6.45, 7) is 1.92. The van der Waals surface area contributed by atoms with Gasteiger partial charge in [-0.3, -0.25) is 0 Å². The molecular weight excluding hydrogens is 454 g/mol. The standard InChI is InChI=1S/C23H20BrN7/c1-16(17-12-14-18(24)15-13-17)30-31-23-28-21(25-19-8-4-2-5-9-19)27-22(29-23)26-20-10-6-3-7-11-20/h2-15H,1H3,(H3,25,26,27,28,29,31). The fourth-order valence-electron chi connectivity index (χ4n) is 2.73. The van der Waals surface area contributed by atoms with E-state index in [1.165, 1.54) is 0 Å². The summed E-state index contributed by atoms with van der Waals surface area (Å²) in [5, 5.41) is 10.8. The van der Waals surface area contributed by atoms with Gasteiger partial charge < -0.3 is 10.6 Å².